The van der Waals surface area contributed by atoms with Gasteiger partial charge < -0.3 is 15.1 Å². The molecule has 1 amide bonds. The van der Waals surface area contributed by atoms with Crippen LogP contribution in [0.4, 0.5) is 0 Å². The zero-order valence-corrected chi connectivity index (χ0v) is 11.5. The normalized spacial score (nSPS) is 21.4. The lowest BCUT2D eigenvalue weighted by Crippen LogP contribution is -2.40. The van der Waals surface area contributed by atoms with E-state index in [1.165, 1.54) is 0 Å². The van der Waals surface area contributed by atoms with Crippen molar-refractivity contribution in [2.75, 3.05) is 19.8 Å². The lowest BCUT2D eigenvalue weighted by molar-refractivity contribution is 0.0648. The number of likely N-dealkylation sites (tertiary alicyclic amines) is 1. The molecule has 0 bridgehead atoms. The molecule has 2 atom stereocenters. The van der Waals surface area contributed by atoms with E-state index in [1.807, 2.05) is 13.0 Å². The molecule has 1 aliphatic heterocycles. The van der Waals surface area contributed by atoms with Crippen LogP contribution in [0.2, 0.25) is 0 Å². The molecular formula is C16H19NO3. The van der Waals surface area contributed by atoms with Crippen molar-refractivity contribution in [2.45, 2.75) is 19.4 Å². The van der Waals surface area contributed by atoms with Crippen LogP contribution in [-0.2, 0) is 0 Å². The van der Waals surface area contributed by atoms with E-state index in [9.17, 15) is 9.90 Å². The van der Waals surface area contributed by atoms with Crippen molar-refractivity contribution in [3.05, 3.63) is 35.4 Å². The largest absolute Gasteiger partial charge is 0.394 e. The molecular weight excluding hydrogens is 254 g/mol. The molecule has 0 aromatic heterocycles. The zero-order valence-electron chi connectivity index (χ0n) is 11.5. The van der Waals surface area contributed by atoms with E-state index in [4.69, 9.17) is 5.11 Å². The average Bonchev–Trinajstić information content (AvgIpc) is 2.85. The monoisotopic (exact) mass is 273 g/mol. The third kappa shape index (κ3) is 2.84. The topological polar surface area (TPSA) is 60.8 Å². The Morgan fingerprint density at radius 2 is 2.15 bits per heavy atom. The van der Waals surface area contributed by atoms with E-state index in [2.05, 4.69) is 11.8 Å². The summed E-state index contributed by atoms with van der Waals surface area (Å²) in [5.41, 5.74) is 1.14. The molecule has 0 aliphatic carbocycles. The molecule has 20 heavy (non-hydrogen) atoms. The highest BCUT2D eigenvalue weighted by Crippen LogP contribution is 2.26. The molecule has 2 unspecified atom stereocenters. The summed E-state index contributed by atoms with van der Waals surface area (Å²) in [4.78, 5) is 14.4. The second-order valence-electron chi connectivity index (χ2n) is 5.02. The van der Waals surface area contributed by atoms with Gasteiger partial charge in [0.1, 0.15) is 6.61 Å². The summed E-state index contributed by atoms with van der Waals surface area (Å²) in [6.45, 7) is 2.46. The van der Waals surface area contributed by atoms with Crippen molar-refractivity contribution in [1.29, 1.82) is 0 Å². The Labute approximate surface area is 119 Å². The summed E-state index contributed by atoms with van der Waals surface area (Å²) in [7, 11) is 0. The lowest BCUT2D eigenvalue weighted by Gasteiger charge is -2.25. The molecule has 4 nitrogen and oxygen atoms in total. The van der Waals surface area contributed by atoms with Crippen LogP contribution < -0.4 is 0 Å². The summed E-state index contributed by atoms with van der Waals surface area (Å²) < 4.78 is 0. The Kier molecular flexibility index (Phi) is 4.78. The van der Waals surface area contributed by atoms with E-state index in [0.29, 0.717) is 23.6 Å². The van der Waals surface area contributed by atoms with E-state index in [1.54, 1.807) is 23.1 Å². The van der Waals surface area contributed by atoms with Crippen LogP contribution in [0.3, 0.4) is 0 Å². The Balaban J connectivity index is 2.30. The highest BCUT2D eigenvalue weighted by atomic mass is 16.3. The Bertz CT molecular complexity index is 544. The summed E-state index contributed by atoms with van der Waals surface area (Å²) in [5.74, 6) is 5.58. The van der Waals surface area contributed by atoms with E-state index in [0.717, 1.165) is 6.42 Å². The van der Waals surface area contributed by atoms with E-state index >= 15 is 0 Å². The standard InChI is InChI=1S/C16H19NO3/c1-12-8-9-17(15(12)11-19)16(20)14-7-3-2-5-13(14)6-4-10-18/h2-3,5,7,12,15,18-19H,8-11H2,1H3. The van der Waals surface area contributed by atoms with Crippen molar-refractivity contribution in [1.82, 2.24) is 4.90 Å². The number of aliphatic hydroxyl groups excluding tert-OH is 2. The first-order valence-corrected chi connectivity index (χ1v) is 6.79. The van der Waals surface area contributed by atoms with Gasteiger partial charge in [0.05, 0.1) is 18.2 Å². The van der Waals surface area contributed by atoms with Gasteiger partial charge in [-0.25, -0.2) is 0 Å². The van der Waals surface area contributed by atoms with Gasteiger partial charge >= 0.3 is 0 Å². The maximum atomic E-state index is 12.6. The van der Waals surface area contributed by atoms with Crippen LogP contribution in [-0.4, -0.2) is 46.8 Å². The van der Waals surface area contributed by atoms with Crippen LogP contribution >= 0.6 is 0 Å². The van der Waals surface area contributed by atoms with Gasteiger partial charge in [0, 0.05) is 12.1 Å². The summed E-state index contributed by atoms with van der Waals surface area (Å²) in [5, 5.41) is 18.2. The molecule has 1 aromatic carbocycles. The van der Waals surface area contributed by atoms with Gasteiger partial charge in [-0.2, -0.15) is 0 Å². The first-order chi connectivity index (χ1) is 9.69. The minimum Gasteiger partial charge on any atom is -0.394 e. The Hall–Kier alpha value is -1.83. The third-order valence-corrected chi connectivity index (χ3v) is 3.79. The van der Waals surface area contributed by atoms with Crippen molar-refractivity contribution < 1.29 is 15.0 Å². The number of carbonyl (C=O) groups excluding carboxylic acids is 1. The van der Waals surface area contributed by atoms with Crippen molar-refractivity contribution in [3.8, 4) is 11.8 Å². The molecule has 1 aromatic rings. The molecule has 106 valence electrons. The van der Waals surface area contributed by atoms with Crippen LogP contribution in [0.15, 0.2) is 24.3 Å². The number of hydrogen-bond donors (Lipinski definition) is 2. The Morgan fingerprint density at radius 1 is 1.40 bits per heavy atom. The van der Waals surface area contributed by atoms with Gasteiger partial charge in [0.2, 0.25) is 0 Å². The molecule has 0 radical (unpaired) electrons. The number of rotatable bonds is 2. The van der Waals surface area contributed by atoms with Crippen LogP contribution in [0.5, 0.6) is 0 Å². The molecule has 0 spiro atoms. The van der Waals surface area contributed by atoms with Gasteiger partial charge in [0.25, 0.3) is 5.91 Å². The van der Waals surface area contributed by atoms with Gasteiger partial charge in [-0.15, -0.1) is 0 Å². The zero-order chi connectivity index (χ0) is 14.5. The maximum Gasteiger partial charge on any atom is 0.255 e. The summed E-state index contributed by atoms with van der Waals surface area (Å²) >= 11 is 0. The minimum atomic E-state index is -0.234. The van der Waals surface area contributed by atoms with Crippen molar-refractivity contribution >= 4 is 5.91 Å². The average molecular weight is 273 g/mol. The molecule has 2 N–H and O–H groups in total. The van der Waals surface area contributed by atoms with Crippen LogP contribution in [0.25, 0.3) is 0 Å². The van der Waals surface area contributed by atoms with Gasteiger partial charge in [-0.3, -0.25) is 4.79 Å². The van der Waals surface area contributed by atoms with E-state index < -0.39 is 0 Å². The SMILES string of the molecule is CC1CCN(C(=O)c2ccccc2C#CCO)C1CO. The Morgan fingerprint density at radius 3 is 2.85 bits per heavy atom. The predicted molar refractivity (Wildman–Crippen MR) is 76.1 cm³/mol. The summed E-state index contributed by atoms with van der Waals surface area (Å²) in [6, 6.07) is 6.99. The number of carbonyl (C=O) groups is 1. The minimum absolute atomic E-state index is 0.0165. The van der Waals surface area contributed by atoms with Crippen molar-refractivity contribution in [3.63, 3.8) is 0 Å². The molecule has 0 saturated carbocycles. The second-order valence-corrected chi connectivity index (χ2v) is 5.02. The summed E-state index contributed by atoms with van der Waals surface area (Å²) in [6.07, 6.45) is 0.904. The fourth-order valence-electron chi connectivity index (χ4n) is 2.61. The second kappa shape index (κ2) is 6.56. The molecule has 2 rings (SSSR count). The van der Waals surface area contributed by atoms with E-state index in [-0.39, 0.29) is 25.2 Å². The number of aliphatic hydroxyl groups is 2. The number of hydrogen-bond acceptors (Lipinski definition) is 3. The predicted octanol–water partition coefficient (Wildman–Crippen LogP) is 0.873. The number of amides is 1. The highest BCUT2D eigenvalue weighted by Gasteiger charge is 2.34. The lowest BCUT2D eigenvalue weighted by atomic mass is 10.0. The van der Waals surface area contributed by atoms with Crippen molar-refractivity contribution in [2.24, 2.45) is 5.92 Å². The molecule has 1 saturated heterocycles. The quantitative estimate of drug-likeness (QED) is 0.786. The van der Waals surface area contributed by atoms with Gasteiger partial charge in [-0.05, 0) is 24.5 Å². The fraction of sp³-hybridized carbons (Fsp3) is 0.438. The van der Waals surface area contributed by atoms with Crippen LogP contribution in [0.1, 0.15) is 29.3 Å². The number of nitrogens with zero attached hydrogens (tertiary/aromatic N) is 1. The fourth-order valence-corrected chi connectivity index (χ4v) is 2.61. The first kappa shape index (κ1) is 14.6. The van der Waals surface area contributed by atoms with Crippen LogP contribution in [0, 0.1) is 17.8 Å². The third-order valence-electron chi connectivity index (χ3n) is 3.79. The first-order valence-electron chi connectivity index (χ1n) is 6.79. The van der Waals surface area contributed by atoms with Gasteiger partial charge in [0.15, 0.2) is 0 Å². The molecule has 1 aliphatic rings. The van der Waals surface area contributed by atoms with Gasteiger partial charge in [-0.1, -0.05) is 30.9 Å². The molecule has 1 heterocycles. The maximum absolute atomic E-state index is 12.6. The molecule has 1 fully saturated rings. The number of benzene rings is 1. The highest BCUT2D eigenvalue weighted by molar-refractivity contribution is 5.97. The molecule has 4 heteroatoms. The smallest absolute Gasteiger partial charge is 0.255 e.